The summed E-state index contributed by atoms with van der Waals surface area (Å²) in [5.74, 6) is 0. The summed E-state index contributed by atoms with van der Waals surface area (Å²) in [5.41, 5.74) is 3.07. The van der Waals surface area contributed by atoms with Crippen molar-refractivity contribution < 1.29 is 0 Å². The van der Waals surface area contributed by atoms with Gasteiger partial charge in [-0.2, -0.15) is 0 Å². The highest BCUT2D eigenvalue weighted by Crippen LogP contribution is 2.14. The van der Waals surface area contributed by atoms with E-state index in [4.69, 9.17) is 0 Å². The number of nitrogens with one attached hydrogen (secondary N) is 1. The maximum absolute atomic E-state index is 4.25. The molecule has 0 aliphatic rings. The first-order valence-electron chi connectivity index (χ1n) is 5.40. The van der Waals surface area contributed by atoms with Gasteiger partial charge in [-0.15, -0.1) is 22.7 Å². The lowest BCUT2D eigenvalue weighted by atomic mass is 10.2. The van der Waals surface area contributed by atoms with Crippen molar-refractivity contribution in [2.75, 3.05) is 0 Å². The molecule has 1 atom stereocenters. The number of hydrogen-bond donors (Lipinski definition) is 1. The molecule has 1 unspecified atom stereocenters. The van der Waals surface area contributed by atoms with E-state index in [-0.39, 0.29) is 0 Å². The van der Waals surface area contributed by atoms with Crippen molar-refractivity contribution in [3.05, 3.63) is 38.5 Å². The van der Waals surface area contributed by atoms with Crippen LogP contribution in [-0.4, -0.2) is 11.0 Å². The van der Waals surface area contributed by atoms with Gasteiger partial charge >= 0.3 is 0 Å². The van der Waals surface area contributed by atoms with Crippen molar-refractivity contribution in [1.29, 1.82) is 0 Å². The molecule has 2 nitrogen and oxygen atoms in total. The lowest BCUT2D eigenvalue weighted by molar-refractivity contribution is 0.551. The zero-order valence-electron chi connectivity index (χ0n) is 9.56. The Balaban J connectivity index is 1.80. The Bertz CT molecular complexity index is 420. The maximum atomic E-state index is 4.25. The van der Waals surface area contributed by atoms with Crippen molar-refractivity contribution in [3.8, 4) is 0 Å². The van der Waals surface area contributed by atoms with Crippen LogP contribution in [0.1, 0.15) is 22.4 Å². The molecule has 1 N–H and O–H groups in total. The Labute approximate surface area is 104 Å². The Kier molecular flexibility index (Phi) is 4.09. The standard InChI is InChI=1S/C12H16N2S2/c1-9(6-11-4-3-5-15-11)13-7-12-10(2)14-8-16-12/h3-5,8-9,13H,6-7H2,1-2H3. The fraction of sp³-hybridized carbons (Fsp3) is 0.417. The van der Waals surface area contributed by atoms with E-state index in [0.717, 1.165) is 18.7 Å². The van der Waals surface area contributed by atoms with Crippen LogP contribution in [0.4, 0.5) is 0 Å². The lowest BCUT2D eigenvalue weighted by Crippen LogP contribution is -2.27. The van der Waals surface area contributed by atoms with Gasteiger partial charge in [0, 0.05) is 22.3 Å². The Morgan fingerprint density at radius 1 is 1.44 bits per heavy atom. The van der Waals surface area contributed by atoms with Gasteiger partial charge in [-0.05, 0) is 31.7 Å². The molecular weight excluding hydrogens is 236 g/mol. The van der Waals surface area contributed by atoms with Crippen LogP contribution in [0.3, 0.4) is 0 Å². The minimum absolute atomic E-state index is 0.514. The number of aromatic nitrogens is 1. The predicted molar refractivity (Wildman–Crippen MR) is 71.2 cm³/mol. The third-order valence-electron chi connectivity index (χ3n) is 2.54. The SMILES string of the molecule is Cc1ncsc1CNC(C)Cc1cccs1. The highest BCUT2D eigenvalue weighted by Gasteiger charge is 2.06. The number of hydrogen-bond acceptors (Lipinski definition) is 4. The summed E-state index contributed by atoms with van der Waals surface area (Å²) in [6.07, 6.45) is 1.11. The molecule has 0 aliphatic carbocycles. The summed E-state index contributed by atoms with van der Waals surface area (Å²) >= 11 is 3.56. The van der Waals surface area contributed by atoms with Crippen molar-refractivity contribution >= 4 is 22.7 Å². The second kappa shape index (κ2) is 5.57. The third kappa shape index (κ3) is 3.14. The Morgan fingerprint density at radius 3 is 2.94 bits per heavy atom. The molecule has 0 spiro atoms. The zero-order valence-corrected chi connectivity index (χ0v) is 11.2. The van der Waals surface area contributed by atoms with Crippen molar-refractivity contribution in [2.24, 2.45) is 0 Å². The van der Waals surface area contributed by atoms with Gasteiger partial charge in [0.25, 0.3) is 0 Å². The van der Waals surface area contributed by atoms with Crippen LogP contribution in [0.2, 0.25) is 0 Å². The Morgan fingerprint density at radius 2 is 2.31 bits per heavy atom. The first-order valence-corrected chi connectivity index (χ1v) is 7.16. The van der Waals surface area contributed by atoms with E-state index in [9.17, 15) is 0 Å². The van der Waals surface area contributed by atoms with Crippen LogP contribution in [0.15, 0.2) is 23.0 Å². The van der Waals surface area contributed by atoms with E-state index < -0.39 is 0 Å². The van der Waals surface area contributed by atoms with E-state index in [1.807, 2.05) is 16.8 Å². The van der Waals surface area contributed by atoms with Crippen LogP contribution in [-0.2, 0) is 13.0 Å². The van der Waals surface area contributed by atoms with Gasteiger partial charge in [-0.1, -0.05) is 6.07 Å². The number of thiazole rings is 1. The molecule has 0 saturated carbocycles. The monoisotopic (exact) mass is 252 g/mol. The second-order valence-electron chi connectivity index (χ2n) is 3.93. The van der Waals surface area contributed by atoms with Gasteiger partial charge in [-0.25, -0.2) is 4.98 Å². The fourth-order valence-electron chi connectivity index (χ4n) is 1.57. The van der Waals surface area contributed by atoms with Gasteiger partial charge in [0.15, 0.2) is 0 Å². The van der Waals surface area contributed by atoms with Crippen LogP contribution in [0, 0.1) is 6.92 Å². The molecule has 0 radical (unpaired) electrons. The smallest absolute Gasteiger partial charge is 0.0798 e. The van der Waals surface area contributed by atoms with Gasteiger partial charge < -0.3 is 5.32 Å². The van der Waals surface area contributed by atoms with E-state index in [1.165, 1.54) is 9.75 Å². The van der Waals surface area contributed by atoms with Gasteiger partial charge in [0.2, 0.25) is 0 Å². The fourth-order valence-corrected chi connectivity index (χ4v) is 3.13. The molecule has 16 heavy (non-hydrogen) atoms. The summed E-state index contributed by atoms with van der Waals surface area (Å²) in [4.78, 5) is 7.04. The average molecular weight is 252 g/mol. The normalized spacial score (nSPS) is 12.9. The molecule has 0 aliphatic heterocycles. The Hall–Kier alpha value is -0.710. The molecule has 86 valence electrons. The molecule has 0 aromatic carbocycles. The first-order chi connectivity index (χ1) is 7.75. The molecule has 0 bridgehead atoms. The summed E-state index contributed by atoms with van der Waals surface area (Å²) in [7, 11) is 0. The first kappa shape index (κ1) is 11.8. The van der Waals surface area contributed by atoms with E-state index in [1.54, 1.807) is 11.3 Å². The minimum atomic E-state index is 0.514. The van der Waals surface area contributed by atoms with Crippen molar-refractivity contribution in [1.82, 2.24) is 10.3 Å². The van der Waals surface area contributed by atoms with Crippen LogP contribution >= 0.6 is 22.7 Å². The number of thiophene rings is 1. The van der Waals surface area contributed by atoms with E-state index in [2.05, 4.69) is 41.7 Å². The molecule has 4 heteroatoms. The number of rotatable bonds is 5. The molecule has 2 aromatic heterocycles. The number of aryl methyl sites for hydroxylation is 1. The summed E-state index contributed by atoms with van der Waals surface area (Å²) in [6.45, 7) is 5.23. The lowest BCUT2D eigenvalue weighted by Gasteiger charge is -2.12. The zero-order chi connectivity index (χ0) is 11.4. The quantitative estimate of drug-likeness (QED) is 0.883. The predicted octanol–water partition coefficient (Wildman–Crippen LogP) is 3.23. The van der Waals surface area contributed by atoms with Crippen molar-refractivity contribution in [2.45, 2.75) is 32.9 Å². The maximum Gasteiger partial charge on any atom is 0.0798 e. The molecular formula is C12H16N2S2. The topological polar surface area (TPSA) is 24.9 Å². The number of nitrogens with zero attached hydrogens (tertiary/aromatic N) is 1. The van der Waals surface area contributed by atoms with Crippen LogP contribution in [0.5, 0.6) is 0 Å². The molecule has 2 rings (SSSR count). The van der Waals surface area contributed by atoms with Crippen LogP contribution < -0.4 is 5.32 Å². The van der Waals surface area contributed by atoms with Crippen molar-refractivity contribution in [3.63, 3.8) is 0 Å². The van der Waals surface area contributed by atoms with Crippen LogP contribution in [0.25, 0.3) is 0 Å². The summed E-state index contributed by atoms with van der Waals surface area (Å²) in [6, 6.07) is 4.82. The second-order valence-corrected chi connectivity index (χ2v) is 5.90. The largest absolute Gasteiger partial charge is 0.309 e. The molecule has 2 aromatic rings. The molecule has 0 saturated heterocycles. The van der Waals surface area contributed by atoms with Gasteiger partial charge in [0.05, 0.1) is 11.2 Å². The minimum Gasteiger partial charge on any atom is -0.309 e. The van der Waals surface area contributed by atoms with E-state index in [0.29, 0.717) is 6.04 Å². The molecule has 2 heterocycles. The van der Waals surface area contributed by atoms with E-state index >= 15 is 0 Å². The molecule has 0 amide bonds. The summed E-state index contributed by atoms with van der Waals surface area (Å²) < 4.78 is 0. The average Bonchev–Trinajstić information content (AvgIpc) is 2.87. The highest BCUT2D eigenvalue weighted by atomic mass is 32.1. The molecule has 0 fully saturated rings. The third-order valence-corrected chi connectivity index (χ3v) is 4.38. The highest BCUT2D eigenvalue weighted by molar-refractivity contribution is 7.10. The van der Waals surface area contributed by atoms with Gasteiger partial charge in [0.1, 0.15) is 0 Å². The summed E-state index contributed by atoms with van der Waals surface area (Å²) in [5, 5.41) is 5.68. The van der Waals surface area contributed by atoms with Gasteiger partial charge in [-0.3, -0.25) is 0 Å².